The fraction of sp³-hybridized carbons (Fsp3) is 0.354. The van der Waals surface area contributed by atoms with E-state index in [0.717, 1.165) is 113 Å². The number of aromatic nitrogens is 2. The molecule has 0 radical (unpaired) electrons. The number of fused-ring (bicyclic) bond motifs is 2. The number of aromatic carboxylic acids is 1. The number of carbonyl (C=O) groups excluding carboxylic acids is 1. The maximum absolute atomic E-state index is 14.4. The molecule has 4 aromatic carbocycles. The lowest BCUT2D eigenvalue weighted by atomic mass is 9.81. The molecule has 8 nitrogen and oxygen atoms in total. The minimum absolute atomic E-state index is 0.0887. The summed E-state index contributed by atoms with van der Waals surface area (Å²) in [6.45, 7) is 4.00. The summed E-state index contributed by atoms with van der Waals surface area (Å²) >= 11 is 6.24. The van der Waals surface area contributed by atoms with E-state index < -0.39 is 5.97 Å². The van der Waals surface area contributed by atoms with E-state index in [4.69, 9.17) is 21.3 Å². The van der Waals surface area contributed by atoms with Crippen molar-refractivity contribution >= 4 is 45.3 Å². The van der Waals surface area contributed by atoms with Crippen LogP contribution in [0, 0.1) is 0 Å². The molecule has 2 saturated heterocycles. The Morgan fingerprint density at radius 2 is 1.53 bits per heavy atom. The molecule has 1 amide bonds. The van der Waals surface area contributed by atoms with Gasteiger partial charge in [-0.25, -0.2) is 9.78 Å². The maximum Gasteiger partial charge on any atom is 0.335 e. The third-order valence-electron chi connectivity index (χ3n) is 12.8. The van der Waals surface area contributed by atoms with Gasteiger partial charge in [0.25, 0.3) is 0 Å². The standard InChI is InChI=1S/C48H49ClN4O4/c1-57-38-16-18-39(31-9-14-36(49)15-10-31)41(29-38)43-20-12-33-27-34(13-19-42(33)50-43)47-46(32-7-3-2-4-8-32)40-17-11-35(48(55)56)28-44(40)53(47)30-45(54)52-25-21-37(22-26-52)51-23-5-6-24-51/h9-20,27-29,32,37H,2-8,21-26,30H2,1H3,(H,55,56). The van der Waals surface area contributed by atoms with Crippen LogP contribution in [0.2, 0.25) is 5.02 Å². The highest BCUT2D eigenvalue weighted by molar-refractivity contribution is 6.30. The van der Waals surface area contributed by atoms with Crippen LogP contribution in [-0.2, 0) is 11.3 Å². The summed E-state index contributed by atoms with van der Waals surface area (Å²) in [7, 11) is 1.67. The van der Waals surface area contributed by atoms with Gasteiger partial charge in [-0.2, -0.15) is 0 Å². The Balaban J connectivity index is 1.13. The number of hydrogen-bond donors (Lipinski definition) is 1. The van der Waals surface area contributed by atoms with Crippen LogP contribution in [0.25, 0.3) is 55.4 Å². The van der Waals surface area contributed by atoms with Crippen molar-refractivity contribution in [1.29, 1.82) is 0 Å². The number of carboxylic acids is 1. The zero-order valence-electron chi connectivity index (χ0n) is 32.6. The Labute approximate surface area is 339 Å². The van der Waals surface area contributed by atoms with Crippen LogP contribution in [-0.4, -0.2) is 75.7 Å². The number of hydrogen-bond acceptors (Lipinski definition) is 5. The van der Waals surface area contributed by atoms with Gasteiger partial charge in [0.05, 0.1) is 35.1 Å². The molecule has 2 aromatic heterocycles. The first-order chi connectivity index (χ1) is 27.8. The molecule has 4 heterocycles. The number of methoxy groups -OCH3 is 1. The van der Waals surface area contributed by atoms with Gasteiger partial charge in [0, 0.05) is 40.5 Å². The Morgan fingerprint density at radius 1 is 0.772 bits per heavy atom. The average Bonchev–Trinajstić information content (AvgIpc) is 3.91. The molecular weight excluding hydrogens is 732 g/mol. The van der Waals surface area contributed by atoms with Crippen LogP contribution in [0.4, 0.5) is 0 Å². The first-order valence-electron chi connectivity index (χ1n) is 20.6. The minimum Gasteiger partial charge on any atom is -0.497 e. The number of piperidine rings is 1. The molecule has 3 aliphatic rings. The first kappa shape index (κ1) is 37.4. The van der Waals surface area contributed by atoms with Gasteiger partial charge in [-0.1, -0.05) is 67.3 Å². The van der Waals surface area contributed by atoms with E-state index >= 15 is 0 Å². The van der Waals surface area contributed by atoms with Gasteiger partial charge in [-0.15, -0.1) is 0 Å². The highest BCUT2D eigenvalue weighted by atomic mass is 35.5. The highest BCUT2D eigenvalue weighted by Gasteiger charge is 2.31. The number of carboxylic acid groups (broad SMARTS) is 1. The van der Waals surface area contributed by atoms with Crippen LogP contribution in [0.5, 0.6) is 5.75 Å². The molecule has 9 rings (SSSR count). The Morgan fingerprint density at radius 3 is 2.26 bits per heavy atom. The van der Waals surface area contributed by atoms with Crippen LogP contribution >= 0.6 is 11.6 Å². The molecule has 1 saturated carbocycles. The quantitative estimate of drug-likeness (QED) is 0.157. The number of rotatable bonds is 9. The van der Waals surface area contributed by atoms with Crippen molar-refractivity contribution in [2.75, 3.05) is 33.3 Å². The summed E-state index contributed by atoms with van der Waals surface area (Å²) in [5.41, 5.74) is 9.01. The highest BCUT2D eigenvalue weighted by Crippen LogP contribution is 2.45. The fourth-order valence-electron chi connectivity index (χ4n) is 9.78. The summed E-state index contributed by atoms with van der Waals surface area (Å²) in [5.74, 6) is 0.184. The monoisotopic (exact) mass is 780 g/mol. The summed E-state index contributed by atoms with van der Waals surface area (Å²) in [6.07, 6.45) is 10.2. The third-order valence-corrected chi connectivity index (χ3v) is 13.0. The number of ether oxygens (including phenoxy) is 1. The number of carbonyl (C=O) groups is 2. The van der Waals surface area contributed by atoms with E-state index in [1.54, 1.807) is 19.2 Å². The van der Waals surface area contributed by atoms with E-state index in [-0.39, 0.29) is 18.0 Å². The van der Waals surface area contributed by atoms with Gasteiger partial charge in [0.1, 0.15) is 12.3 Å². The van der Waals surface area contributed by atoms with Crippen molar-refractivity contribution in [1.82, 2.24) is 19.4 Å². The van der Waals surface area contributed by atoms with Gasteiger partial charge in [-0.3, -0.25) is 4.79 Å². The number of pyridine rings is 1. The van der Waals surface area contributed by atoms with E-state index in [9.17, 15) is 14.7 Å². The van der Waals surface area contributed by atoms with Crippen LogP contribution in [0.1, 0.15) is 79.6 Å². The lowest BCUT2D eigenvalue weighted by molar-refractivity contribution is -0.133. The predicted octanol–water partition coefficient (Wildman–Crippen LogP) is 10.7. The van der Waals surface area contributed by atoms with E-state index in [2.05, 4.69) is 45.9 Å². The molecule has 1 aliphatic carbocycles. The van der Waals surface area contributed by atoms with Gasteiger partial charge in [0.2, 0.25) is 5.91 Å². The molecule has 6 aromatic rings. The van der Waals surface area contributed by atoms with Crippen LogP contribution in [0.3, 0.4) is 0 Å². The van der Waals surface area contributed by atoms with E-state index in [1.165, 1.54) is 37.9 Å². The topological polar surface area (TPSA) is 87.9 Å². The summed E-state index contributed by atoms with van der Waals surface area (Å²) in [5, 5.41) is 12.8. The Bertz CT molecular complexity index is 2460. The van der Waals surface area contributed by atoms with E-state index in [0.29, 0.717) is 17.0 Å². The smallest absolute Gasteiger partial charge is 0.335 e. The second kappa shape index (κ2) is 16.0. The lowest BCUT2D eigenvalue weighted by Gasteiger charge is -2.36. The number of halogens is 1. The van der Waals surface area contributed by atoms with Crippen molar-refractivity contribution in [2.45, 2.75) is 76.3 Å². The molecule has 3 fully saturated rings. The van der Waals surface area contributed by atoms with Crippen LogP contribution in [0.15, 0.2) is 91.0 Å². The average molecular weight is 781 g/mol. The summed E-state index contributed by atoms with van der Waals surface area (Å²) < 4.78 is 7.77. The van der Waals surface area contributed by atoms with E-state index in [1.807, 2.05) is 47.4 Å². The largest absolute Gasteiger partial charge is 0.497 e. The maximum atomic E-state index is 14.4. The minimum atomic E-state index is -0.969. The number of benzene rings is 4. The molecule has 9 heteroatoms. The van der Waals surface area contributed by atoms with Gasteiger partial charge in [0.15, 0.2) is 0 Å². The summed E-state index contributed by atoms with van der Waals surface area (Å²) in [4.78, 5) is 36.5. The van der Waals surface area contributed by atoms with Gasteiger partial charge in [-0.05, 0) is 134 Å². The number of amides is 1. The first-order valence-corrected chi connectivity index (χ1v) is 21.0. The molecule has 0 spiro atoms. The zero-order valence-corrected chi connectivity index (χ0v) is 33.3. The number of nitrogens with zero attached hydrogens (tertiary/aromatic N) is 4. The van der Waals surface area contributed by atoms with Crippen molar-refractivity contribution in [3.63, 3.8) is 0 Å². The SMILES string of the molecule is COc1ccc(-c2ccc(Cl)cc2)c(-c2ccc3cc(-c4c(C5CCCCC5)c5ccc(C(=O)O)cc5n4CC(=O)N4CCC(N5CCCC5)CC4)ccc3n2)c1. The molecule has 57 heavy (non-hydrogen) atoms. The third kappa shape index (κ3) is 7.41. The molecule has 0 unspecified atom stereocenters. The Kier molecular flexibility index (Phi) is 10.5. The predicted molar refractivity (Wildman–Crippen MR) is 228 cm³/mol. The normalized spacial score (nSPS) is 17.1. The fourth-order valence-corrected chi connectivity index (χ4v) is 9.90. The molecule has 0 atom stereocenters. The molecule has 292 valence electrons. The molecule has 2 aliphatic heterocycles. The second-order valence-corrected chi connectivity index (χ2v) is 16.5. The zero-order chi connectivity index (χ0) is 39.0. The van der Waals surface area contributed by atoms with Crippen molar-refractivity contribution in [3.8, 4) is 39.4 Å². The molecule has 0 bridgehead atoms. The molecular formula is C48H49ClN4O4. The van der Waals surface area contributed by atoms with Crippen molar-refractivity contribution in [3.05, 3.63) is 107 Å². The Hall–Kier alpha value is -5.18. The molecule has 1 N–H and O–H groups in total. The second-order valence-electron chi connectivity index (χ2n) is 16.1. The van der Waals surface area contributed by atoms with Crippen molar-refractivity contribution < 1.29 is 19.4 Å². The number of likely N-dealkylation sites (tertiary alicyclic amines) is 2. The lowest BCUT2D eigenvalue weighted by Crippen LogP contribution is -2.46. The van der Waals surface area contributed by atoms with Crippen molar-refractivity contribution in [2.24, 2.45) is 0 Å². The van der Waals surface area contributed by atoms with Gasteiger partial charge >= 0.3 is 5.97 Å². The van der Waals surface area contributed by atoms with Gasteiger partial charge < -0.3 is 24.2 Å². The summed E-state index contributed by atoms with van der Waals surface area (Å²) in [6, 6.07) is 30.5. The van der Waals surface area contributed by atoms with Crippen LogP contribution < -0.4 is 4.74 Å².